The van der Waals surface area contributed by atoms with E-state index in [1.54, 1.807) is 25.1 Å². The standard InChI is InChI=1S/C20H21N3O2/c1-3-25-20(24)18-11-6-15(13-14(18)2)5-4-12-23-17-9-7-16(8-10-17)19(21)22/h6-11,13,23H,3,12H2,1-2H3,(H3,21,22). The fourth-order valence-electron chi connectivity index (χ4n) is 2.24. The molecular weight excluding hydrogens is 314 g/mol. The van der Waals surface area contributed by atoms with E-state index in [0.29, 0.717) is 24.3 Å². The molecule has 0 heterocycles. The first-order chi connectivity index (χ1) is 12.0. The van der Waals surface area contributed by atoms with E-state index in [2.05, 4.69) is 17.2 Å². The number of hydrogen-bond donors (Lipinski definition) is 3. The van der Waals surface area contributed by atoms with E-state index in [1.807, 2.05) is 31.2 Å². The number of carbonyl (C=O) groups excluding carboxylic acids is 1. The molecule has 128 valence electrons. The molecule has 0 atom stereocenters. The summed E-state index contributed by atoms with van der Waals surface area (Å²) in [6.07, 6.45) is 0. The van der Waals surface area contributed by atoms with Crippen LogP contribution in [0.15, 0.2) is 42.5 Å². The average Bonchev–Trinajstić information content (AvgIpc) is 2.59. The monoisotopic (exact) mass is 335 g/mol. The summed E-state index contributed by atoms with van der Waals surface area (Å²) in [5.41, 5.74) is 9.28. The van der Waals surface area contributed by atoms with E-state index in [1.165, 1.54) is 0 Å². The zero-order chi connectivity index (χ0) is 18.2. The minimum atomic E-state index is -0.310. The van der Waals surface area contributed by atoms with Crippen molar-refractivity contribution >= 4 is 17.5 Å². The number of nitrogens with two attached hydrogens (primary N) is 1. The lowest BCUT2D eigenvalue weighted by atomic mass is 10.1. The number of amidine groups is 1. The number of benzene rings is 2. The molecule has 4 N–H and O–H groups in total. The van der Waals surface area contributed by atoms with E-state index < -0.39 is 0 Å². The second kappa shape index (κ2) is 8.55. The SMILES string of the molecule is CCOC(=O)c1ccc(C#CCNc2ccc(C(=N)N)cc2)cc1C. The number of nitrogen functional groups attached to an aromatic ring is 1. The highest BCUT2D eigenvalue weighted by molar-refractivity contribution is 5.95. The minimum Gasteiger partial charge on any atom is -0.462 e. The van der Waals surface area contributed by atoms with Gasteiger partial charge in [0.15, 0.2) is 0 Å². The Morgan fingerprint density at radius 2 is 1.96 bits per heavy atom. The summed E-state index contributed by atoms with van der Waals surface area (Å²) in [7, 11) is 0. The van der Waals surface area contributed by atoms with Gasteiger partial charge in [0.05, 0.1) is 18.7 Å². The van der Waals surface area contributed by atoms with E-state index in [4.69, 9.17) is 15.9 Å². The summed E-state index contributed by atoms with van der Waals surface area (Å²) in [6.45, 7) is 4.50. The Morgan fingerprint density at radius 3 is 2.56 bits per heavy atom. The molecule has 5 heteroatoms. The number of hydrogen-bond acceptors (Lipinski definition) is 4. The summed E-state index contributed by atoms with van der Waals surface area (Å²) in [5, 5.41) is 10.5. The topological polar surface area (TPSA) is 88.2 Å². The van der Waals surface area contributed by atoms with Crippen LogP contribution in [0.1, 0.15) is 34.0 Å². The van der Waals surface area contributed by atoms with Crippen LogP contribution in [0.5, 0.6) is 0 Å². The number of anilines is 1. The van der Waals surface area contributed by atoms with Crippen molar-refractivity contribution in [2.45, 2.75) is 13.8 Å². The second-order valence-corrected chi connectivity index (χ2v) is 5.40. The van der Waals surface area contributed by atoms with E-state index in [0.717, 1.165) is 16.8 Å². The summed E-state index contributed by atoms with van der Waals surface area (Å²) in [6, 6.07) is 12.7. The highest BCUT2D eigenvalue weighted by atomic mass is 16.5. The Morgan fingerprint density at radius 1 is 1.24 bits per heavy atom. The van der Waals surface area contributed by atoms with Crippen LogP contribution >= 0.6 is 0 Å². The first kappa shape index (κ1) is 18.1. The number of rotatable bonds is 5. The third-order valence-corrected chi connectivity index (χ3v) is 3.53. The average molecular weight is 335 g/mol. The third kappa shape index (κ3) is 5.11. The molecule has 2 rings (SSSR count). The van der Waals surface area contributed by atoms with Gasteiger partial charge in [0.1, 0.15) is 5.84 Å². The van der Waals surface area contributed by atoms with Crippen molar-refractivity contribution in [1.29, 1.82) is 5.41 Å². The van der Waals surface area contributed by atoms with Crippen LogP contribution in [0.4, 0.5) is 5.69 Å². The molecule has 5 nitrogen and oxygen atoms in total. The van der Waals surface area contributed by atoms with Gasteiger partial charge in [-0.1, -0.05) is 11.8 Å². The smallest absolute Gasteiger partial charge is 0.338 e. The van der Waals surface area contributed by atoms with Gasteiger partial charge in [-0.05, 0) is 61.9 Å². The Hall–Kier alpha value is -3.26. The molecule has 0 saturated carbocycles. The maximum absolute atomic E-state index is 11.8. The van der Waals surface area contributed by atoms with Gasteiger partial charge < -0.3 is 15.8 Å². The van der Waals surface area contributed by atoms with Gasteiger partial charge in [0.2, 0.25) is 0 Å². The molecule has 0 unspecified atom stereocenters. The molecule has 25 heavy (non-hydrogen) atoms. The lowest BCUT2D eigenvalue weighted by Crippen LogP contribution is -2.10. The Kier molecular flexibility index (Phi) is 6.19. The fourth-order valence-corrected chi connectivity index (χ4v) is 2.24. The predicted octanol–water partition coefficient (Wildman–Crippen LogP) is 2.92. The highest BCUT2D eigenvalue weighted by Crippen LogP contribution is 2.12. The first-order valence-corrected chi connectivity index (χ1v) is 7.96. The molecule has 0 amide bonds. The lowest BCUT2D eigenvalue weighted by Gasteiger charge is -2.05. The molecule has 0 aromatic heterocycles. The van der Waals surface area contributed by atoms with Crippen LogP contribution in [0, 0.1) is 24.2 Å². The van der Waals surface area contributed by atoms with Gasteiger partial charge in [-0.15, -0.1) is 0 Å². The number of nitrogens with one attached hydrogen (secondary N) is 2. The molecule has 0 radical (unpaired) electrons. The largest absolute Gasteiger partial charge is 0.462 e. The molecule has 2 aromatic rings. The van der Waals surface area contributed by atoms with Crippen LogP contribution in [0.2, 0.25) is 0 Å². The second-order valence-electron chi connectivity index (χ2n) is 5.40. The van der Waals surface area contributed by atoms with Gasteiger partial charge in [-0.25, -0.2) is 4.79 Å². The van der Waals surface area contributed by atoms with Crippen LogP contribution in [0.3, 0.4) is 0 Å². The van der Waals surface area contributed by atoms with Crippen molar-refractivity contribution in [3.63, 3.8) is 0 Å². The maximum Gasteiger partial charge on any atom is 0.338 e. The molecule has 0 aliphatic rings. The van der Waals surface area contributed by atoms with Crippen molar-refractivity contribution in [2.24, 2.45) is 5.73 Å². The van der Waals surface area contributed by atoms with Crippen LogP contribution in [-0.4, -0.2) is 25.0 Å². The Balaban J connectivity index is 1.96. The fraction of sp³-hybridized carbons (Fsp3) is 0.200. The molecule has 0 aliphatic heterocycles. The highest BCUT2D eigenvalue weighted by Gasteiger charge is 2.09. The van der Waals surface area contributed by atoms with Crippen molar-refractivity contribution < 1.29 is 9.53 Å². The summed E-state index contributed by atoms with van der Waals surface area (Å²) in [4.78, 5) is 11.8. The van der Waals surface area contributed by atoms with Crippen molar-refractivity contribution in [1.82, 2.24) is 0 Å². The number of esters is 1. The van der Waals surface area contributed by atoms with E-state index >= 15 is 0 Å². The van der Waals surface area contributed by atoms with E-state index in [-0.39, 0.29) is 11.8 Å². The maximum atomic E-state index is 11.8. The molecule has 0 saturated heterocycles. The predicted molar refractivity (Wildman–Crippen MR) is 100.0 cm³/mol. The lowest BCUT2D eigenvalue weighted by molar-refractivity contribution is 0.0525. The quantitative estimate of drug-likeness (QED) is 0.339. The number of carbonyl (C=O) groups is 1. The minimum absolute atomic E-state index is 0.0491. The Labute approximate surface area is 147 Å². The van der Waals surface area contributed by atoms with Gasteiger partial charge in [0, 0.05) is 16.8 Å². The van der Waals surface area contributed by atoms with Crippen molar-refractivity contribution in [3.05, 3.63) is 64.7 Å². The molecule has 2 aromatic carbocycles. The zero-order valence-corrected chi connectivity index (χ0v) is 14.3. The molecule has 0 aliphatic carbocycles. The van der Waals surface area contributed by atoms with Gasteiger partial charge in [-0.3, -0.25) is 5.41 Å². The molecule has 0 bridgehead atoms. The summed E-state index contributed by atoms with van der Waals surface area (Å²) >= 11 is 0. The number of ether oxygens (including phenoxy) is 1. The Bertz CT molecular complexity index is 830. The van der Waals surface area contributed by atoms with E-state index in [9.17, 15) is 4.79 Å². The van der Waals surface area contributed by atoms with Gasteiger partial charge in [0.25, 0.3) is 0 Å². The zero-order valence-electron chi connectivity index (χ0n) is 14.3. The third-order valence-electron chi connectivity index (χ3n) is 3.53. The normalized spacial score (nSPS) is 9.68. The molecule has 0 fully saturated rings. The molecular formula is C20H21N3O2. The van der Waals surface area contributed by atoms with Gasteiger partial charge in [-0.2, -0.15) is 0 Å². The van der Waals surface area contributed by atoms with Gasteiger partial charge >= 0.3 is 5.97 Å². The summed E-state index contributed by atoms with van der Waals surface area (Å²) < 4.78 is 5.01. The van der Waals surface area contributed by atoms with Crippen molar-refractivity contribution in [3.8, 4) is 11.8 Å². The van der Waals surface area contributed by atoms with Crippen LogP contribution in [-0.2, 0) is 4.74 Å². The first-order valence-electron chi connectivity index (χ1n) is 7.96. The molecule has 0 spiro atoms. The van der Waals surface area contributed by atoms with Crippen LogP contribution < -0.4 is 11.1 Å². The number of aryl methyl sites for hydroxylation is 1. The van der Waals surface area contributed by atoms with Crippen LogP contribution in [0.25, 0.3) is 0 Å². The summed E-state index contributed by atoms with van der Waals surface area (Å²) in [5.74, 6) is 5.85. The van der Waals surface area contributed by atoms with Crippen molar-refractivity contribution in [2.75, 3.05) is 18.5 Å².